The van der Waals surface area contributed by atoms with Crippen molar-refractivity contribution < 1.29 is 0 Å². The Bertz CT molecular complexity index is 368. The molecule has 1 atom stereocenters. The van der Waals surface area contributed by atoms with Gasteiger partial charge in [0.25, 0.3) is 0 Å². The molecule has 3 nitrogen and oxygen atoms in total. The molecule has 1 fully saturated rings. The summed E-state index contributed by atoms with van der Waals surface area (Å²) in [6.45, 7) is 3.41. The lowest BCUT2D eigenvalue weighted by Gasteiger charge is -2.34. The van der Waals surface area contributed by atoms with Crippen molar-refractivity contribution in [2.45, 2.75) is 38.1 Å². The molecule has 1 aromatic rings. The van der Waals surface area contributed by atoms with Crippen LogP contribution in [0, 0.1) is 5.92 Å². The number of nitrogens with one attached hydrogen (secondary N) is 1. The lowest BCUT2D eigenvalue weighted by molar-refractivity contribution is 0.275. The fourth-order valence-electron chi connectivity index (χ4n) is 3.24. The zero-order chi connectivity index (χ0) is 11.0. The molecule has 3 rings (SSSR count). The maximum atomic E-state index is 6.22. The summed E-state index contributed by atoms with van der Waals surface area (Å²) < 4.78 is 2.26. The fourth-order valence-corrected chi connectivity index (χ4v) is 3.53. The molecule has 1 N–H and O–H groups in total. The highest BCUT2D eigenvalue weighted by molar-refractivity contribution is 6.30. The highest BCUT2D eigenvalue weighted by Gasteiger charge is 2.31. The van der Waals surface area contributed by atoms with Gasteiger partial charge in [-0.05, 0) is 44.7 Å². The minimum Gasteiger partial charge on any atom is -0.333 e. The van der Waals surface area contributed by atoms with Gasteiger partial charge >= 0.3 is 0 Å². The zero-order valence-electron chi connectivity index (χ0n) is 9.45. The topological polar surface area (TPSA) is 29.9 Å². The number of fused-ring (bicyclic) bond motifs is 1. The second-order valence-electron chi connectivity index (χ2n) is 4.95. The summed E-state index contributed by atoms with van der Waals surface area (Å²) in [6, 6.07) is 0. The summed E-state index contributed by atoms with van der Waals surface area (Å²) in [5.41, 5.74) is 1.31. The van der Waals surface area contributed by atoms with Crippen molar-refractivity contribution in [2.75, 3.05) is 13.1 Å². The first-order valence-corrected chi connectivity index (χ1v) is 6.65. The largest absolute Gasteiger partial charge is 0.333 e. The Morgan fingerprint density at radius 2 is 2.12 bits per heavy atom. The third-order valence-electron chi connectivity index (χ3n) is 4.05. The molecule has 2 aliphatic heterocycles. The average Bonchev–Trinajstić information content (AvgIpc) is 2.73. The molecule has 16 heavy (non-hydrogen) atoms. The van der Waals surface area contributed by atoms with Crippen LogP contribution >= 0.6 is 11.6 Å². The van der Waals surface area contributed by atoms with Gasteiger partial charge in [0.05, 0.1) is 12.0 Å². The van der Waals surface area contributed by atoms with Crippen LogP contribution in [0.5, 0.6) is 0 Å². The van der Waals surface area contributed by atoms with Gasteiger partial charge in [0, 0.05) is 12.5 Å². The Hall–Kier alpha value is -0.540. The molecule has 0 radical (unpaired) electrons. The van der Waals surface area contributed by atoms with E-state index in [-0.39, 0.29) is 0 Å². The first kappa shape index (κ1) is 10.6. The van der Waals surface area contributed by atoms with Gasteiger partial charge in [-0.1, -0.05) is 11.6 Å². The van der Waals surface area contributed by atoms with Crippen LogP contribution in [0.2, 0.25) is 5.15 Å². The predicted octanol–water partition coefficient (Wildman–Crippen LogP) is 2.41. The quantitative estimate of drug-likeness (QED) is 0.816. The highest BCUT2D eigenvalue weighted by atomic mass is 35.5. The van der Waals surface area contributed by atoms with Gasteiger partial charge in [0.2, 0.25) is 0 Å². The lowest BCUT2D eigenvalue weighted by Crippen LogP contribution is -2.32. The lowest BCUT2D eigenvalue weighted by atomic mass is 9.79. The van der Waals surface area contributed by atoms with Crippen LogP contribution in [0.1, 0.15) is 37.3 Å². The molecule has 88 valence electrons. The van der Waals surface area contributed by atoms with Crippen LogP contribution in [0.15, 0.2) is 6.33 Å². The number of piperidine rings is 1. The van der Waals surface area contributed by atoms with Gasteiger partial charge in [-0.25, -0.2) is 4.98 Å². The van der Waals surface area contributed by atoms with Crippen LogP contribution in [0.3, 0.4) is 0 Å². The normalized spacial score (nSPS) is 26.7. The molecular formula is C12H18ClN3. The van der Waals surface area contributed by atoms with Crippen LogP contribution in [-0.4, -0.2) is 22.6 Å². The molecule has 0 aromatic carbocycles. The number of aryl methyl sites for hydroxylation is 1. The molecule has 2 aliphatic rings. The van der Waals surface area contributed by atoms with Crippen molar-refractivity contribution in [3.63, 3.8) is 0 Å². The minimum atomic E-state index is 0.644. The van der Waals surface area contributed by atoms with E-state index < -0.39 is 0 Å². The van der Waals surface area contributed by atoms with Gasteiger partial charge in [0.1, 0.15) is 0 Å². The van der Waals surface area contributed by atoms with E-state index >= 15 is 0 Å². The van der Waals surface area contributed by atoms with E-state index in [9.17, 15) is 0 Å². The molecule has 0 amide bonds. The molecule has 0 bridgehead atoms. The standard InChI is InChI=1S/C12H18ClN3/c13-12-11-10(9-3-5-14-6-4-9)2-1-7-16(11)8-15-12/h8-10,14H,1-7H2. The summed E-state index contributed by atoms with van der Waals surface area (Å²) >= 11 is 6.22. The Labute approximate surface area is 101 Å². The van der Waals surface area contributed by atoms with Gasteiger partial charge in [-0.15, -0.1) is 0 Å². The predicted molar refractivity (Wildman–Crippen MR) is 64.8 cm³/mol. The zero-order valence-corrected chi connectivity index (χ0v) is 10.2. The number of hydrogen-bond donors (Lipinski definition) is 1. The molecule has 1 aromatic heterocycles. The van der Waals surface area contributed by atoms with E-state index in [1.54, 1.807) is 0 Å². The monoisotopic (exact) mass is 239 g/mol. The second-order valence-corrected chi connectivity index (χ2v) is 5.31. The van der Waals surface area contributed by atoms with Crippen molar-refractivity contribution >= 4 is 11.6 Å². The molecule has 3 heterocycles. The smallest absolute Gasteiger partial charge is 0.150 e. The summed E-state index contributed by atoms with van der Waals surface area (Å²) in [5, 5.41) is 4.17. The third-order valence-corrected chi connectivity index (χ3v) is 4.34. The van der Waals surface area contributed by atoms with E-state index in [0.29, 0.717) is 5.92 Å². The Kier molecular flexibility index (Phi) is 2.90. The van der Waals surface area contributed by atoms with Crippen LogP contribution in [0.4, 0.5) is 0 Å². The maximum Gasteiger partial charge on any atom is 0.150 e. The SMILES string of the molecule is Clc1ncn2c1C(C1CCNCC1)CCC2. The van der Waals surface area contributed by atoms with Crippen molar-refractivity contribution in [1.29, 1.82) is 0 Å². The van der Waals surface area contributed by atoms with Crippen molar-refractivity contribution in [3.8, 4) is 0 Å². The van der Waals surface area contributed by atoms with E-state index in [1.165, 1.54) is 31.4 Å². The maximum absolute atomic E-state index is 6.22. The number of nitrogens with zero attached hydrogens (tertiary/aromatic N) is 2. The molecule has 1 unspecified atom stereocenters. The third kappa shape index (κ3) is 1.76. The molecule has 0 spiro atoms. The molecule has 1 saturated heterocycles. The van der Waals surface area contributed by atoms with Gasteiger partial charge in [0.15, 0.2) is 5.15 Å². The second kappa shape index (κ2) is 4.38. The van der Waals surface area contributed by atoms with Crippen molar-refractivity contribution in [2.24, 2.45) is 5.92 Å². The van der Waals surface area contributed by atoms with Crippen LogP contribution in [0.25, 0.3) is 0 Å². The van der Waals surface area contributed by atoms with Gasteiger partial charge in [-0.3, -0.25) is 0 Å². The number of rotatable bonds is 1. The fraction of sp³-hybridized carbons (Fsp3) is 0.750. The Morgan fingerprint density at radius 1 is 1.31 bits per heavy atom. The summed E-state index contributed by atoms with van der Waals surface area (Å²) in [6.07, 6.45) is 7.04. The number of imidazole rings is 1. The molecular weight excluding hydrogens is 222 g/mol. The van der Waals surface area contributed by atoms with Gasteiger partial charge < -0.3 is 9.88 Å². The van der Waals surface area contributed by atoms with E-state index in [0.717, 1.165) is 30.7 Å². The van der Waals surface area contributed by atoms with Gasteiger partial charge in [-0.2, -0.15) is 0 Å². The summed E-state index contributed by atoms with van der Waals surface area (Å²) in [4.78, 5) is 4.26. The van der Waals surface area contributed by atoms with E-state index in [2.05, 4.69) is 14.9 Å². The Balaban J connectivity index is 1.88. The highest BCUT2D eigenvalue weighted by Crippen LogP contribution is 2.40. The molecule has 4 heteroatoms. The molecule has 0 aliphatic carbocycles. The van der Waals surface area contributed by atoms with E-state index in [1.807, 2.05) is 6.33 Å². The first-order valence-electron chi connectivity index (χ1n) is 6.27. The minimum absolute atomic E-state index is 0.644. The number of aromatic nitrogens is 2. The number of halogens is 1. The van der Waals surface area contributed by atoms with Crippen LogP contribution < -0.4 is 5.32 Å². The van der Waals surface area contributed by atoms with E-state index in [4.69, 9.17) is 11.6 Å². The number of hydrogen-bond acceptors (Lipinski definition) is 2. The molecule has 0 saturated carbocycles. The summed E-state index contributed by atoms with van der Waals surface area (Å²) in [7, 11) is 0. The van der Waals surface area contributed by atoms with Crippen molar-refractivity contribution in [1.82, 2.24) is 14.9 Å². The first-order chi connectivity index (χ1) is 7.86. The average molecular weight is 240 g/mol. The Morgan fingerprint density at radius 3 is 2.94 bits per heavy atom. The van der Waals surface area contributed by atoms with Crippen LogP contribution in [-0.2, 0) is 6.54 Å². The van der Waals surface area contributed by atoms with Crippen molar-refractivity contribution in [3.05, 3.63) is 17.2 Å². The summed E-state index contributed by atoms with van der Waals surface area (Å²) in [5.74, 6) is 1.44.